The van der Waals surface area contributed by atoms with Gasteiger partial charge in [0.05, 0.1) is 12.6 Å². The maximum Gasteiger partial charge on any atom is 0.334 e. The SMILES string of the molecule is CC1c2ccsc2CCN1C(=O)NCC(O)C(=O)O. The lowest BCUT2D eigenvalue weighted by Gasteiger charge is -2.33. The molecule has 0 aromatic carbocycles. The second-order valence-electron chi connectivity index (χ2n) is 4.46. The number of carbonyl (C=O) groups excluding carboxylic acids is 1. The minimum atomic E-state index is -1.57. The normalized spacial score (nSPS) is 19.7. The standard InChI is InChI=1S/C12H16N2O4S/c1-7-8-3-5-19-10(8)2-4-14(7)12(18)13-6-9(15)11(16)17/h3,5,7,9,15H,2,4,6H2,1H3,(H,13,18)(H,16,17). The quantitative estimate of drug-likeness (QED) is 0.766. The zero-order valence-corrected chi connectivity index (χ0v) is 11.3. The van der Waals surface area contributed by atoms with Crippen molar-refractivity contribution in [3.63, 3.8) is 0 Å². The summed E-state index contributed by atoms with van der Waals surface area (Å²) in [6.07, 6.45) is -0.757. The molecule has 2 heterocycles. The molecule has 19 heavy (non-hydrogen) atoms. The van der Waals surface area contributed by atoms with Crippen LogP contribution in [0.2, 0.25) is 0 Å². The first-order chi connectivity index (χ1) is 9.00. The fourth-order valence-electron chi connectivity index (χ4n) is 2.16. The van der Waals surface area contributed by atoms with Gasteiger partial charge in [-0.1, -0.05) is 0 Å². The van der Waals surface area contributed by atoms with Crippen LogP contribution in [0.15, 0.2) is 11.4 Å². The molecular formula is C12H16N2O4S. The molecule has 0 radical (unpaired) electrons. The van der Waals surface area contributed by atoms with E-state index in [2.05, 4.69) is 5.32 Å². The largest absolute Gasteiger partial charge is 0.479 e. The van der Waals surface area contributed by atoms with Crippen LogP contribution in [0.25, 0.3) is 0 Å². The summed E-state index contributed by atoms with van der Waals surface area (Å²) < 4.78 is 0. The molecule has 0 bridgehead atoms. The number of nitrogens with zero attached hydrogens (tertiary/aromatic N) is 1. The molecule has 2 amide bonds. The van der Waals surface area contributed by atoms with E-state index in [1.54, 1.807) is 16.2 Å². The molecule has 1 aliphatic rings. The molecule has 104 valence electrons. The Morgan fingerprint density at radius 1 is 1.63 bits per heavy atom. The van der Waals surface area contributed by atoms with Crippen LogP contribution in [0.1, 0.15) is 23.4 Å². The van der Waals surface area contributed by atoms with Crippen LogP contribution in [-0.2, 0) is 11.2 Å². The van der Waals surface area contributed by atoms with Crippen LogP contribution in [0.4, 0.5) is 4.79 Å². The van der Waals surface area contributed by atoms with Gasteiger partial charge in [0.25, 0.3) is 0 Å². The zero-order valence-electron chi connectivity index (χ0n) is 10.5. The summed E-state index contributed by atoms with van der Waals surface area (Å²) in [4.78, 5) is 25.4. The van der Waals surface area contributed by atoms with Gasteiger partial charge >= 0.3 is 12.0 Å². The van der Waals surface area contributed by atoms with Crippen molar-refractivity contribution in [3.05, 3.63) is 21.9 Å². The summed E-state index contributed by atoms with van der Waals surface area (Å²) in [5.41, 5.74) is 1.14. The van der Waals surface area contributed by atoms with Crippen molar-refractivity contribution in [1.82, 2.24) is 10.2 Å². The number of carboxylic acid groups (broad SMARTS) is 1. The number of nitrogens with one attached hydrogen (secondary N) is 1. The molecular weight excluding hydrogens is 268 g/mol. The first kappa shape index (κ1) is 13.8. The second kappa shape index (κ2) is 5.58. The topological polar surface area (TPSA) is 89.9 Å². The van der Waals surface area contributed by atoms with Gasteiger partial charge in [-0.25, -0.2) is 9.59 Å². The first-order valence-electron chi connectivity index (χ1n) is 6.02. The number of amides is 2. The summed E-state index contributed by atoms with van der Waals surface area (Å²) in [5.74, 6) is -1.34. The maximum atomic E-state index is 12.0. The number of aliphatic hydroxyl groups is 1. The molecule has 1 aliphatic heterocycles. The molecule has 1 aromatic rings. The first-order valence-corrected chi connectivity index (χ1v) is 6.90. The Bertz CT molecular complexity index is 488. The highest BCUT2D eigenvalue weighted by molar-refractivity contribution is 7.10. The van der Waals surface area contributed by atoms with Crippen molar-refractivity contribution in [3.8, 4) is 0 Å². The minimum Gasteiger partial charge on any atom is -0.479 e. The molecule has 0 fully saturated rings. The van der Waals surface area contributed by atoms with E-state index in [9.17, 15) is 9.59 Å². The molecule has 2 unspecified atom stereocenters. The predicted molar refractivity (Wildman–Crippen MR) is 70.2 cm³/mol. The molecule has 1 aromatic heterocycles. The van der Waals surface area contributed by atoms with Gasteiger partial charge in [0.2, 0.25) is 0 Å². The van der Waals surface area contributed by atoms with Gasteiger partial charge in [-0.05, 0) is 30.4 Å². The van der Waals surface area contributed by atoms with Crippen LogP contribution in [-0.4, -0.2) is 46.3 Å². The van der Waals surface area contributed by atoms with Crippen molar-refractivity contribution in [1.29, 1.82) is 0 Å². The van der Waals surface area contributed by atoms with Crippen LogP contribution in [0.5, 0.6) is 0 Å². The van der Waals surface area contributed by atoms with E-state index < -0.39 is 12.1 Å². The van der Waals surface area contributed by atoms with Crippen molar-refractivity contribution >= 4 is 23.3 Å². The number of aliphatic hydroxyl groups excluding tert-OH is 1. The highest BCUT2D eigenvalue weighted by atomic mass is 32.1. The molecule has 7 heteroatoms. The lowest BCUT2D eigenvalue weighted by atomic mass is 10.0. The molecule has 0 spiro atoms. The van der Waals surface area contributed by atoms with Crippen molar-refractivity contribution < 1.29 is 19.8 Å². The third-order valence-electron chi connectivity index (χ3n) is 3.27. The lowest BCUT2D eigenvalue weighted by molar-refractivity contribution is -0.146. The van der Waals surface area contributed by atoms with Gasteiger partial charge in [-0.3, -0.25) is 0 Å². The van der Waals surface area contributed by atoms with Crippen LogP contribution in [0.3, 0.4) is 0 Å². The number of hydrogen-bond donors (Lipinski definition) is 3. The van der Waals surface area contributed by atoms with E-state index in [0.29, 0.717) is 6.54 Å². The monoisotopic (exact) mass is 284 g/mol. The van der Waals surface area contributed by atoms with E-state index in [-0.39, 0.29) is 18.6 Å². The average molecular weight is 284 g/mol. The minimum absolute atomic E-state index is 0.0306. The zero-order chi connectivity index (χ0) is 14.0. The Labute approximate surface area is 114 Å². The molecule has 0 saturated heterocycles. The number of thiophene rings is 1. The predicted octanol–water partition coefficient (Wildman–Crippen LogP) is 0.822. The Morgan fingerprint density at radius 3 is 3.05 bits per heavy atom. The Kier molecular flexibility index (Phi) is 4.06. The molecule has 2 rings (SSSR count). The summed E-state index contributed by atoms with van der Waals surface area (Å²) in [5, 5.41) is 22.1. The van der Waals surface area contributed by atoms with Gasteiger partial charge in [-0.15, -0.1) is 11.3 Å². The van der Waals surface area contributed by atoms with Crippen molar-refractivity contribution in [2.75, 3.05) is 13.1 Å². The van der Waals surface area contributed by atoms with Crippen molar-refractivity contribution in [2.45, 2.75) is 25.5 Å². The molecule has 0 saturated carbocycles. The Balaban J connectivity index is 1.96. The summed E-state index contributed by atoms with van der Waals surface area (Å²) in [6, 6.07) is 1.64. The number of aliphatic carboxylic acids is 1. The van der Waals surface area contributed by atoms with E-state index in [1.807, 2.05) is 18.4 Å². The van der Waals surface area contributed by atoms with Gasteiger partial charge in [0.1, 0.15) is 0 Å². The fourth-order valence-corrected chi connectivity index (χ4v) is 3.12. The maximum absolute atomic E-state index is 12.0. The number of rotatable bonds is 3. The van der Waals surface area contributed by atoms with Crippen LogP contribution in [0, 0.1) is 0 Å². The highest BCUT2D eigenvalue weighted by Gasteiger charge is 2.28. The van der Waals surface area contributed by atoms with Crippen molar-refractivity contribution in [2.24, 2.45) is 0 Å². The van der Waals surface area contributed by atoms with Crippen LogP contribution >= 0.6 is 11.3 Å². The van der Waals surface area contributed by atoms with Gasteiger partial charge in [0, 0.05) is 11.4 Å². The van der Waals surface area contributed by atoms with Gasteiger partial charge in [-0.2, -0.15) is 0 Å². The van der Waals surface area contributed by atoms with E-state index >= 15 is 0 Å². The number of carbonyl (C=O) groups is 2. The summed E-state index contributed by atoms with van der Waals surface area (Å²) in [6.45, 7) is 2.26. The van der Waals surface area contributed by atoms with E-state index in [0.717, 1.165) is 12.0 Å². The third-order valence-corrected chi connectivity index (χ3v) is 4.27. The fraction of sp³-hybridized carbons (Fsp3) is 0.500. The molecule has 2 atom stereocenters. The lowest BCUT2D eigenvalue weighted by Crippen LogP contribution is -2.47. The van der Waals surface area contributed by atoms with E-state index in [1.165, 1.54) is 4.88 Å². The van der Waals surface area contributed by atoms with E-state index in [4.69, 9.17) is 10.2 Å². The molecule has 0 aliphatic carbocycles. The Hall–Kier alpha value is -1.60. The highest BCUT2D eigenvalue weighted by Crippen LogP contribution is 2.32. The van der Waals surface area contributed by atoms with Crippen LogP contribution < -0.4 is 5.32 Å². The second-order valence-corrected chi connectivity index (χ2v) is 5.46. The smallest absolute Gasteiger partial charge is 0.334 e. The summed E-state index contributed by atoms with van der Waals surface area (Å²) in [7, 11) is 0. The van der Waals surface area contributed by atoms with Gasteiger partial charge < -0.3 is 20.4 Å². The Morgan fingerprint density at radius 2 is 2.37 bits per heavy atom. The number of fused-ring (bicyclic) bond motifs is 1. The number of urea groups is 1. The number of carboxylic acids is 1. The summed E-state index contributed by atoms with van der Waals surface area (Å²) >= 11 is 1.69. The molecule has 3 N–H and O–H groups in total. The third kappa shape index (κ3) is 2.87. The average Bonchev–Trinajstić information content (AvgIpc) is 2.85. The van der Waals surface area contributed by atoms with Gasteiger partial charge in [0.15, 0.2) is 6.10 Å². The number of hydrogen-bond acceptors (Lipinski definition) is 4. The molecule has 6 nitrogen and oxygen atoms in total.